The van der Waals surface area contributed by atoms with Gasteiger partial charge in [0.05, 0.1) is 0 Å². The van der Waals surface area contributed by atoms with Crippen molar-refractivity contribution in [2.75, 3.05) is 19.0 Å². The van der Waals surface area contributed by atoms with Gasteiger partial charge in [0.1, 0.15) is 5.75 Å². The molecule has 166 valence electrons. The Morgan fingerprint density at radius 1 is 0.969 bits per heavy atom. The van der Waals surface area contributed by atoms with Crippen molar-refractivity contribution in [2.45, 2.75) is 32.7 Å². The summed E-state index contributed by atoms with van der Waals surface area (Å²) in [6.45, 7) is 4.68. The van der Waals surface area contributed by atoms with E-state index in [1.54, 1.807) is 36.2 Å². The summed E-state index contributed by atoms with van der Waals surface area (Å²) >= 11 is 0. The highest BCUT2D eigenvalue weighted by Gasteiger charge is 2.14. The molecule has 1 N–H and O–H groups in total. The van der Waals surface area contributed by atoms with Crippen molar-refractivity contribution in [3.8, 4) is 5.75 Å². The fourth-order valence-corrected chi connectivity index (χ4v) is 3.46. The Morgan fingerprint density at radius 3 is 2.44 bits per heavy atom. The number of anilines is 1. The van der Waals surface area contributed by atoms with Crippen molar-refractivity contribution in [3.05, 3.63) is 95.6 Å². The molecule has 3 aromatic rings. The molecule has 0 heterocycles. The number of hydrogen-bond acceptors (Lipinski definition) is 3. The van der Waals surface area contributed by atoms with Crippen LogP contribution in [0.4, 0.5) is 5.69 Å². The molecule has 0 aliphatic heterocycles. The molecule has 3 rings (SSSR count). The van der Waals surface area contributed by atoms with E-state index in [9.17, 15) is 9.59 Å². The lowest BCUT2D eigenvalue weighted by Gasteiger charge is -2.18. The van der Waals surface area contributed by atoms with Gasteiger partial charge in [0.15, 0.2) is 6.61 Å². The van der Waals surface area contributed by atoms with E-state index in [-0.39, 0.29) is 18.4 Å². The first kappa shape index (κ1) is 23.1. The van der Waals surface area contributed by atoms with Crippen LogP contribution in [-0.2, 0) is 11.3 Å². The van der Waals surface area contributed by atoms with Crippen LogP contribution in [0.2, 0.25) is 0 Å². The van der Waals surface area contributed by atoms with Crippen molar-refractivity contribution < 1.29 is 14.3 Å². The zero-order valence-corrected chi connectivity index (χ0v) is 18.9. The van der Waals surface area contributed by atoms with Gasteiger partial charge >= 0.3 is 0 Å². The quantitative estimate of drug-likeness (QED) is 0.488. The monoisotopic (exact) mass is 430 g/mol. The summed E-state index contributed by atoms with van der Waals surface area (Å²) in [5.41, 5.74) is 3.23. The van der Waals surface area contributed by atoms with Gasteiger partial charge in [-0.2, -0.15) is 0 Å². The molecule has 0 saturated heterocycles. The number of benzene rings is 3. The van der Waals surface area contributed by atoms with Gasteiger partial charge in [0.25, 0.3) is 11.8 Å². The second kappa shape index (κ2) is 11.1. The lowest BCUT2D eigenvalue weighted by molar-refractivity contribution is -0.118. The highest BCUT2D eigenvalue weighted by molar-refractivity contribution is 5.97. The predicted molar refractivity (Wildman–Crippen MR) is 128 cm³/mol. The fourth-order valence-electron chi connectivity index (χ4n) is 3.46. The summed E-state index contributed by atoms with van der Waals surface area (Å²) in [7, 11) is 1.77. The van der Waals surface area contributed by atoms with Gasteiger partial charge in [-0.15, -0.1) is 0 Å². The predicted octanol–water partition coefficient (Wildman–Crippen LogP) is 5.49. The topological polar surface area (TPSA) is 58.6 Å². The third kappa shape index (κ3) is 6.20. The van der Waals surface area contributed by atoms with Crippen LogP contribution in [0.1, 0.15) is 47.7 Å². The van der Waals surface area contributed by atoms with E-state index in [1.807, 2.05) is 54.6 Å². The highest BCUT2D eigenvalue weighted by Crippen LogP contribution is 2.28. The molecule has 2 amide bonds. The van der Waals surface area contributed by atoms with E-state index in [0.29, 0.717) is 23.7 Å². The Balaban J connectivity index is 1.60. The minimum atomic E-state index is -0.272. The van der Waals surface area contributed by atoms with Gasteiger partial charge in [-0.05, 0) is 47.7 Å². The molecule has 0 bridgehead atoms. The zero-order chi connectivity index (χ0) is 22.9. The first-order chi connectivity index (χ1) is 15.5. The Labute approximate surface area is 190 Å². The number of hydrogen-bond donors (Lipinski definition) is 1. The largest absolute Gasteiger partial charge is 0.483 e. The Kier molecular flexibility index (Phi) is 8.03. The molecule has 5 heteroatoms. The maximum atomic E-state index is 12.8. The smallest absolute Gasteiger partial charge is 0.262 e. The zero-order valence-electron chi connectivity index (χ0n) is 18.9. The average molecular weight is 431 g/mol. The maximum Gasteiger partial charge on any atom is 0.262 e. The van der Waals surface area contributed by atoms with Crippen LogP contribution in [0.5, 0.6) is 5.75 Å². The molecule has 1 atom stereocenters. The first-order valence-corrected chi connectivity index (χ1v) is 10.9. The standard InChI is InChI=1S/C27H30N2O3/c1-4-20(2)24-15-8-9-16-25(24)32-19-26(30)28-23-14-10-13-22(17-23)27(31)29(3)18-21-11-6-5-7-12-21/h5-17,20H,4,18-19H2,1-3H3,(H,28,30). The third-order valence-corrected chi connectivity index (χ3v) is 5.42. The van der Waals surface area contributed by atoms with Crippen molar-refractivity contribution in [1.29, 1.82) is 0 Å². The normalized spacial score (nSPS) is 11.5. The minimum Gasteiger partial charge on any atom is -0.483 e. The van der Waals surface area contributed by atoms with Crippen LogP contribution in [0.3, 0.4) is 0 Å². The molecule has 0 aliphatic rings. The molecule has 3 aromatic carbocycles. The summed E-state index contributed by atoms with van der Waals surface area (Å²) in [5.74, 6) is 0.697. The van der Waals surface area contributed by atoms with Crippen LogP contribution in [0.15, 0.2) is 78.9 Å². The SMILES string of the molecule is CCC(C)c1ccccc1OCC(=O)Nc1cccc(C(=O)N(C)Cc2ccccc2)c1. The molecule has 0 saturated carbocycles. The first-order valence-electron chi connectivity index (χ1n) is 10.9. The second-order valence-electron chi connectivity index (χ2n) is 7.91. The number of ether oxygens (including phenoxy) is 1. The van der Waals surface area contributed by atoms with Crippen molar-refractivity contribution in [3.63, 3.8) is 0 Å². The van der Waals surface area contributed by atoms with E-state index in [4.69, 9.17) is 4.74 Å². The Hall–Kier alpha value is -3.60. The number of carbonyl (C=O) groups excluding carboxylic acids is 2. The van der Waals surface area contributed by atoms with E-state index in [0.717, 1.165) is 23.3 Å². The lowest BCUT2D eigenvalue weighted by Crippen LogP contribution is -2.26. The van der Waals surface area contributed by atoms with Crippen molar-refractivity contribution in [2.24, 2.45) is 0 Å². The van der Waals surface area contributed by atoms with Gasteiger partial charge in [-0.25, -0.2) is 0 Å². The third-order valence-electron chi connectivity index (χ3n) is 5.42. The Morgan fingerprint density at radius 2 is 1.69 bits per heavy atom. The summed E-state index contributed by atoms with van der Waals surface area (Å²) in [6.07, 6.45) is 0.992. The number of rotatable bonds is 9. The van der Waals surface area contributed by atoms with Crippen molar-refractivity contribution in [1.82, 2.24) is 4.90 Å². The van der Waals surface area contributed by atoms with E-state index < -0.39 is 0 Å². The van der Waals surface area contributed by atoms with Gasteiger partial charge < -0.3 is 15.0 Å². The second-order valence-corrected chi connectivity index (χ2v) is 7.91. The molecule has 0 fully saturated rings. The molecule has 5 nitrogen and oxygen atoms in total. The molecule has 0 aromatic heterocycles. The van der Waals surface area contributed by atoms with Gasteiger partial charge in [-0.3, -0.25) is 9.59 Å². The molecular weight excluding hydrogens is 400 g/mol. The van der Waals surface area contributed by atoms with E-state index in [1.165, 1.54) is 0 Å². The summed E-state index contributed by atoms with van der Waals surface area (Å²) in [4.78, 5) is 26.9. The van der Waals surface area contributed by atoms with Gasteiger partial charge in [0, 0.05) is 24.8 Å². The molecular formula is C27H30N2O3. The van der Waals surface area contributed by atoms with E-state index in [2.05, 4.69) is 19.2 Å². The van der Waals surface area contributed by atoms with Crippen LogP contribution < -0.4 is 10.1 Å². The minimum absolute atomic E-state index is 0.0977. The lowest BCUT2D eigenvalue weighted by atomic mass is 9.98. The van der Waals surface area contributed by atoms with Crippen LogP contribution in [0.25, 0.3) is 0 Å². The van der Waals surface area contributed by atoms with Gasteiger partial charge in [-0.1, -0.05) is 68.4 Å². The Bertz CT molecular complexity index is 1050. The van der Waals surface area contributed by atoms with Crippen LogP contribution >= 0.6 is 0 Å². The van der Waals surface area contributed by atoms with Crippen molar-refractivity contribution >= 4 is 17.5 Å². The van der Waals surface area contributed by atoms with Crippen LogP contribution in [0, 0.1) is 0 Å². The fraction of sp³-hybridized carbons (Fsp3) is 0.259. The van der Waals surface area contributed by atoms with Gasteiger partial charge in [0.2, 0.25) is 0 Å². The molecule has 0 spiro atoms. The molecule has 32 heavy (non-hydrogen) atoms. The number of nitrogens with one attached hydrogen (secondary N) is 1. The number of para-hydroxylation sites is 1. The number of carbonyl (C=O) groups is 2. The number of nitrogens with zero attached hydrogens (tertiary/aromatic N) is 1. The highest BCUT2D eigenvalue weighted by atomic mass is 16.5. The molecule has 0 aliphatic carbocycles. The summed E-state index contributed by atoms with van der Waals surface area (Å²) in [6, 6.07) is 24.6. The summed E-state index contributed by atoms with van der Waals surface area (Å²) < 4.78 is 5.79. The van der Waals surface area contributed by atoms with E-state index >= 15 is 0 Å². The average Bonchev–Trinajstić information content (AvgIpc) is 2.82. The molecule has 1 unspecified atom stereocenters. The number of amides is 2. The molecule has 0 radical (unpaired) electrons. The van der Waals surface area contributed by atoms with Crippen LogP contribution in [-0.4, -0.2) is 30.4 Å². The maximum absolute atomic E-state index is 12.8. The summed E-state index contributed by atoms with van der Waals surface area (Å²) in [5, 5.41) is 2.82.